The minimum Gasteiger partial charge on any atom is -0.228 e. The van der Waals surface area contributed by atoms with Crippen molar-refractivity contribution in [3.63, 3.8) is 0 Å². The predicted molar refractivity (Wildman–Crippen MR) is 230 cm³/mol. The summed E-state index contributed by atoms with van der Waals surface area (Å²) in [5.41, 5.74) is 17.1. The Kier molecular flexibility index (Phi) is 7.85. The van der Waals surface area contributed by atoms with Gasteiger partial charge in [0.2, 0.25) is 0 Å². The molecule has 55 heavy (non-hydrogen) atoms. The lowest BCUT2D eigenvalue weighted by molar-refractivity contribution is 0.661. The fourth-order valence-electron chi connectivity index (χ4n) is 8.40. The molecule has 0 atom stereocenters. The highest BCUT2D eigenvalue weighted by molar-refractivity contribution is 6.00. The molecule has 0 N–H and O–H groups in total. The van der Waals surface area contributed by atoms with Crippen LogP contribution in [0.3, 0.4) is 0 Å². The molecule has 0 radical (unpaired) electrons. The van der Waals surface area contributed by atoms with E-state index in [1.54, 1.807) is 0 Å². The highest BCUT2D eigenvalue weighted by atomic mass is 14.9. The van der Waals surface area contributed by atoms with Crippen molar-refractivity contribution in [2.75, 3.05) is 0 Å². The minimum absolute atomic E-state index is 0.138. The van der Waals surface area contributed by atoms with Crippen LogP contribution >= 0.6 is 0 Å². The van der Waals surface area contributed by atoms with E-state index in [4.69, 9.17) is 9.97 Å². The zero-order valence-corrected chi connectivity index (χ0v) is 30.9. The molecule has 0 spiro atoms. The maximum Gasteiger partial charge on any atom is 0.161 e. The standard InChI is InChI=1S/C53H38N2/c1-53(2)47-23-13-22-44(51(47)46-32-41-18-9-10-19-42(41)33-48(46)53)43-20-11-12-21-45(43)52-54-49(39-28-24-37(25-29-39)35-14-5-3-6-15-35)34-50(55-52)40-30-26-38(27-31-40)36-16-7-4-8-17-36/h3-34H,1-2H3. The lowest BCUT2D eigenvalue weighted by Gasteiger charge is -2.22. The predicted octanol–water partition coefficient (Wildman–Crippen LogP) is 13.9. The summed E-state index contributed by atoms with van der Waals surface area (Å²) in [6.07, 6.45) is 0. The zero-order chi connectivity index (χ0) is 36.9. The van der Waals surface area contributed by atoms with Gasteiger partial charge in [0.15, 0.2) is 5.82 Å². The van der Waals surface area contributed by atoms with E-state index in [-0.39, 0.29) is 5.41 Å². The summed E-state index contributed by atoms with van der Waals surface area (Å²) in [5, 5.41) is 2.53. The third-order valence-corrected chi connectivity index (χ3v) is 11.3. The molecule has 2 heteroatoms. The molecule has 0 fully saturated rings. The summed E-state index contributed by atoms with van der Waals surface area (Å²) in [5.74, 6) is 0.705. The Labute approximate surface area is 322 Å². The fourth-order valence-corrected chi connectivity index (χ4v) is 8.40. The van der Waals surface area contributed by atoms with Crippen LogP contribution in [0.15, 0.2) is 194 Å². The molecule has 10 rings (SSSR count). The molecule has 8 aromatic carbocycles. The summed E-state index contributed by atoms with van der Waals surface area (Å²) in [7, 11) is 0. The largest absolute Gasteiger partial charge is 0.228 e. The van der Waals surface area contributed by atoms with Gasteiger partial charge < -0.3 is 0 Å². The van der Waals surface area contributed by atoms with E-state index < -0.39 is 0 Å². The van der Waals surface area contributed by atoms with Crippen molar-refractivity contribution in [2.45, 2.75) is 19.3 Å². The average molecular weight is 703 g/mol. The fraction of sp³-hybridized carbons (Fsp3) is 0.0566. The van der Waals surface area contributed by atoms with Crippen LogP contribution in [0.4, 0.5) is 0 Å². The molecule has 1 aromatic heterocycles. The van der Waals surface area contributed by atoms with Gasteiger partial charge >= 0.3 is 0 Å². The Hall–Kier alpha value is -6.90. The second kappa shape index (κ2) is 13.2. The van der Waals surface area contributed by atoms with Gasteiger partial charge in [-0.3, -0.25) is 0 Å². The van der Waals surface area contributed by atoms with Crippen LogP contribution in [-0.4, -0.2) is 9.97 Å². The van der Waals surface area contributed by atoms with Crippen molar-refractivity contribution >= 4 is 10.8 Å². The second-order valence-corrected chi connectivity index (χ2v) is 15.0. The molecule has 1 aliphatic carbocycles. The Morgan fingerprint density at radius 3 is 1.36 bits per heavy atom. The van der Waals surface area contributed by atoms with Crippen LogP contribution in [0, 0.1) is 0 Å². The number of benzene rings is 8. The summed E-state index contributed by atoms with van der Waals surface area (Å²) in [4.78, 5) is 10.7. The van der Waals surface area contributed by atoms with Gasteiger partial charge in [0, 0.05) is 22.1 Å². The van der Waals surface area contributed by atoms with E-state index in [0.29, 0.717) is 5.82 Å². The first kappa shape index (κ1) is 32.7. The lowest BCUT2D eigenvalue weighted by Crippen LogP contribution is -2.14. The average Bonchev–Trinajstić information content (AvgIpc) is 3.48. The lowest BCUT2D eigenvalue weighted by atomic mass is 9.81. The maximum absolute atomic E-state index is 5.35. The molecule has 0 aliphatic heterocycles. The number of rotatable bonds is 6. The van der Waals surface area contributed by atoms with Crippen LogP contribution in [0.1, 0.15) is 25.0 Å². The van der Waals surface area contributed by atoms with E-state index in [2.05, 4.69) is 208 Å². The zero-order valence-electron chi connectivity index (χ0n) is 30.9. The molecule has 0 unspecified atom stereocenters. The first-order chi connectivity index (χ1) is 27.0. The van der Waals surface area contributed by atoms with Gasteiger partial charge in [-0.25, -0.2) is 9.97 Å². The molecular weight excluding hydrogens is 665 g/mol. The van der Waals surface area contributed by atoms with Crippen molar-refractivity contribution in [3.8, 4) is 78.4 Å². The van der Waals surface area contributed by atoms with Crippen molar-refractivity contribution in [2.24, 2.45) is 0 Å². The molecular formula is C53H38N2. The van der Waals surface area contributed by atoms with Gasteiger partial charge in [0.25, 0.3) is 0 Å². The normalized spacial score (nSPS) is 12.7. The third kappa shape index (κ3) is 5.75. The molecule has 0 saturated heterocycles. The van der Waals surface area contributed by atoms with Crippen LogP contribution in [0.5, 0.6) is 0 Å². The Bertz CT molecular complexity index is 2750. The second-order valence-electron chi connectivity index (χ2n) is 15.0. The van der Waals surface area contributed by atoms with E-state index in [1.807, 2.05) is 0 Å². The van der Waals surface area contributed by atoms with E-state index in [1.165, 1.54) is 60.8 Å². The summed E-state index contributed by atoms with van der Waals surface area (Å²) >= 11 is 0. The highest BCUT2D eigenvalue weighted by Gasteiger charge is 2.37. The highest BCUT2D eigenvalue weighted by Crippen LogP contribution is 2.54. The first-order valence-electron chi connectivity index (χ1n) is 19.0. The Morgan fingerprint density at radius 1 is 0.327 bits per heavy atom. The number of nitrogens with zero attached hydrogens (tertiary/aromatic N) is 2. The molecule has 2 nitrogen and oxygen atoms in total. The van der Waals surface area contributed by atoms with Crippen LogP contribution in [0.2, 0.25) is 0 Å². The number of hydrogen-bond acceptors (Lipinski definition) is 2. The van der Waals surface area contributed by atoms with Crippen LogP contribution in [-0.2, 0) is 5.41 Å². The molecule has 0 amide bonds. The van der Waals surface area contributed by atoms with Crippen molar-refractivity contribution in [1.29, 1.82) is 0 Å². The number of aromatic nitrogens is 2. The van der Waals surface area contributed by atoms with E-state index in [0.717, 1.165) is 33.6 Å². The Morgan fingerprint density at radius 2 is 0.782 bits per heavy atom. The minimum atomic E-state index is -0.138. The first-order valence-corrected chi connectivity index (χ1v) is 19.0. The topological polar surface area (TPSA) is 25.8 Å². The van der Waals surface area contributed by atoms with Gasteiger partial charge in [-0.05, 0) is 84.6 Å². The third-order valence-electron chi connectivity index (χ3n) is 11.3. The van der Waals surface area contributed by atoms with Crippen LogP contribution < -0.4 is 0 Å². The number of fused-ring (bicyclic) bond motifs is 4. The molecule has 0 bridgehead atoms. The molecule has 1 aliphatic rings. The summed E-state index contributed by atoms with van der Waals surface area (Å²) in [6, 6.07) is 69.5. The van der Waals surface area contributed by atoms with Gasteiger partial charge in [-0.15, -0.1) is 0 Å². The number of hydrogen-bond donors (Lipinski definition) is 0. The van der Waals surface area contributed by atoms with E-state index in [9.17, 15) is 0 Å². The van der Waals surface area contributed by atoms with Gasteiger partial charge in [0.05, 0.1) is 11.4 Å². The van der Waals surface area contributed by atoms with Crippen molar-refractivity contribution in [3.05, 3.63) is 205 Å². The van der Waals surface area contributed by atoms with Crippen molar-refractivity contribution in [1.82, 2.24) is 9.97 Å². The van der Waals surface area contributed by atoms with E-state index >= 15 is 0 Å². The smallest absolute Gasteiger partial charge is 0.161 e. The molecule has 1 heterocycles. The molecule has 260 valence electrons. The van der Waals surface area contributed by atoms with Gasteiger partial charge in [0.1, 0.15) is 0 Å². The van der Waals surface area contributed by atoms with Gasteiger partial charge in [-0.1, -0.05) is 190 Å². The molecule has 0 saturated carbocycles. The van der Waals surface area contributed by atoms with Crippen molar-refractivity contribution < 1.29 is 0 Å². The summed E-state index contributed by atoms with van der Waals surface area (Å²) in [6.45, 7) is 4.71. The maximum atomic E-state index is 5.35. The van der Waals surface area contributed by atoms with Crippen LogP contribution in [0.25, 0.3) is 89.2 Å². The molecule has 9 aromatic rings. The van der Waals surface area contributed by atoms with Gasteiger partial charge in [-0.2, -0.15) is 0 Å². The quantitative estimate of drug-likeness (QED) is 0.172. The Balaban J connectivity index is 1.14. The summed E-state index contributed by atoms with van der Waals surface area (Å²) < 4.78 is 0. The SMILES string of the molecule is CC1(C)c2cc3ccccc3cc2-c2c(-c3ccccc3-c3nc(-c4ccc(-c5ccccc5)cc4)cc(-c4ccc(-c5ccccc5)cc4)n3)cccc21. The monoisotopic (exact) mass is 702 g/mol.